The number of amides is 2. The van der Waals surface area contributed by atoms with Crippen LogP contribution in [0.25, 0.3) is 0 Å². The molecule has 0 spiro atoms. The molecule has 1 atom stereocenters. The van der Waals surface area contributed by atoms with Gasteiger partial charge in [-0.1, -0.05) is 49.7 Å². The molecule has 2 amide bonds. The van der Waals surface area contributed by atoms with E-state index in [1.165, 1.54) is 0 Å². The molecule has 2 aromatic carbocycles. The molecule has 0 saturated heterocycles. The summed E-state index contributed by atoms with van der Waals surface area (Å²) in [7, 11) is 1.61. The van der Waals surface area contributed by atoms with Gasteiger partial charge >= 0.3 is 0 Å². The Balaban J connectivity index is 2.23. The van der Waals surface area contributed by atoms with E-state index in [0.717, 1.165) is 23.3 Å². The third-order valence-corrected chi connectivity index (χ3v) is 4.97. The third-order valence-electron chi connectivity index (χ3n) is 4.72. The van der Waals surface area contributed by atoms with Crippen LogP contribution in [0.4, 0.5) is 0 Å². The van der Waals surface area contributed by atoms with Crippen molar-refractivity contribution in [2.75, 3.05) is 13.7 Å². The van der Waals surface area contributed by atoms with Crippen molar-refractivity contribution in [3.8, 4) is 5.75 Å². The summed E-state index contributed by atoms with van der Waals surface area (Å²) in [4.78, 5) is 27.6. The van der Waals surface area contributed by atoms with Gasteiger partial charge in [0.15, 0.2) is 0 Å². The molecule has 0 aliphatic carbocycles. The predicted octanol–water partition coefficient (Wildman–Crippen LogP) is 4.22. The van der Waals surface area contributed by atoms with Gasteiger partial charge in [-0.15, -0.1) is 0 Å². The zero-order valence-corrected chi connectivity index (χ0v) is 18.0. The van der Waals surface area contributed by atoms with Crippen molar-refractivity contribution in [2.45, 2.75) is 45.7 Å². The lowest BCUT2D eigenvalue weighted by atomic mass is 10.1. The van der Waals surface area contributed by atoms with E-state index >= 15 is 0 Å². The Hall–Kier alpha value is -2.53. The van der Waals surface area contributed by atoms with Crippen LogP contribution in [-0.2, 0) is 22.6 Å². The number of hydrogen-bond donors (Lipinski definition) is 1. The molecule has 0 aromatic heterocycles. The molecule has 0 unspecified atom stereocenters. The summed E-state index contributed by atoms with van der Waals surface area (Å²) in [5, 5.41) is 3.56. The maximum atomic E-state index is 13.2. The number of nitrogens with zero attached hydrogens (tertiary/aromatic N) is 1. The minimum atomic E-state index is -0.525. The average Bonchev–Trinajstić information content (AvgIpc) is 2.74. The molecule has 0 aliphatic heterocycles. The Morgan fingerprint density at radius 3 is 2.21 bits per heavy atom. The monoisotopic (exact) mass is 416 g/mol. The van der Waals surface area contributed by atoms with E-state index in [0.29, 0.717) is 24.5 Å². The fraction of sp³-hybridized carbons (Fsp3) is 0.391. The largest absolute Gasteiger partial charge is 0.497 e. The Labute approximate surface area is 178 Å². The van der Waals surface area contributed by atoms with Gasteiger partial charge in [0, 0.05) is 18.1 Å². The van der Waals surface area contributed by atoms with Crippen LogP contribution >= 0.6 is 11.6 Å². The minimum Gasteiger partial charge on any atom is -0.497 e. The van der Waals surface area contributed by atoms with Crippen LogP contribution in [0.2, 0.25) is 5.02 Å². The highest BCUT2D eigenvalue weighted by Gasteiger charge is 2.28. The Kier molecular flexibility index (Phi) is 9.00. The third kappa shape index (κ3) is 6.79. The zero-order chi connectivity index (χ0) is 21.2. The lowest BCUT2D eigenvalue weighted by Gasteiger charge is -2.31. The highest BCUT2D eigenvalue weighted by Crippen LogP contribution is 2.18. The molecule has 156 valence electrons. The lowest BCUT2D eigenvalue weighted by Crippen LogP contribution is -2.49. The van der Waals surface area contributed by atoms with Crippen LogP contribution in [-0.4, -0.2) is 36.4 Å². The summed E-state index contributed by atoms with van der Waals surface area (Å²) in [6.45, 7) is 4.87. The Morgan fingerprint density at radius 2 is 1.66 bits per heavy atom. The summed E-state index contributed by atoms with van der Waals surface area (Å²) in [6, 6.07) is 14.2. The van der Waals surface area contributed by atoms with E-state index in [9.17, 15) is 9.59 Å². The maximum absolute atomic E-state index is 13.2. The topological polar surface area (TPSA) is 58.6 Å². The van der Waals surface area contributed by atoms with Crippen molar-refractivity contribution >= 4 is 23.4 Å². The molecule has 0 fully saturated rings. The summed E-state index contributed by atoms with van der Waals surface area (Å²) in [6.07, 6.45) is 1.60. The normalized spacial score (nSPS) is 11.6. The highest BCUT2D eigenvalue weighted by atomic mass is 35.5. The van der Waals surface area contributed by atoms with Crippen LogP contribution < -0.4 is 10.1 Å². The van der Waals surface area contributed by atoms with Gasteiger partial charge in [0.25, 0.3) is 0 Å². The van der Waals surface area contributed by atoms with E-state index in [1.807, 2.05) is 50.2 Å². The van der Waals surface area contributed by atoms with Gasteiger partial charge < -0.3 is 15.0 Å². The number of methoxy groups -OCH3 is 1. The van der Waals surface area contributed by atoms with Crippen LogP contribution in [0.5, 0.6) is 5.75 Å². The van der Waals surface area contributed by atoms with Gasteiger partial charge in [-0.05, 0) is 48.2 Å². The highest BCUT2D eigenvalue weighted by molar-refractivity contribution is 6.30. The number of nitrogens with one attached hydrogen (secondary N) is 1. The second kappa shape index (κ2) is 11.5. The standard InChI is InChI=1S/C23H29ClN2O3/c1-4-14-25-23(28)21(5-2)26(16-18-6-10-19(24)11-7-18)22(27)15-17-8-12-20(29-3)13-9-17/h6-13,21H,4-5,14-16H2,1-3H3,(H,25,28)/t21-/m0/s1. The average molecular weight is 417 g/mol. The molecule has 5 nitrogen and oxygen atoms in total. The van der Waals surface area contributed by atoms with Crippen LogP contribution in [0.15, 0.2) is 48.5 Å². The first kappa shape index (κ1) is 22.8. The van der Waals surface area contributed by atoms with Crippen LogP contribution in [0, 0.1) is 0 Å². The van der Waals surface area contributed by atoms with E-state index < -0.39 is 6.04 Å². The molecule has 0 aliphatic rings. The number of halogens is 1. The molecule has 0 bridgehead atoms. The molecule has 0 radical (unpaired) electrons. The van der Waals surface area contributed by atoms with E-state index in [2.05, 4.69) is 5.32 Å². The maximum Gasteiger partial charge on any atom is 0.242 e. The van der Waals surface area contributed by atoms with E-state index in [1.54, 1.807) is 24.1 Å². The first-order valence-electron chi connectivity index (χ1n) is 9.93. The van der Waals surface area contributed by atoms with Gasteiger partial charge in [0.2, 0.25) is 11.8 Å². The van der Waals surface area contributed by atoms with Crippen molar-refractivity contribution in [3.63, 3.8) is 0 Å². The predicted molar refractivity (Wildman–Crippen MR) is 116 cm³/mol. The zero-order valence-electron chi connectivity index (χ0n) is 17.3. The molecule has 2 rings (SSSR count). The Bertz CT molecular complexity index is 791. The Morgan fingerprint density at radius 1 is 1.03 bits per heavy atom. The van der Waals surface area contributed by atoms with Crippen molar-refractivity contribution < 1.29 is 14.3 Å². The molecular weight excluding hydrogens is 388 g/mol. The molecule has 0 heterocycles. The fourth-order valence-electron chi connectivity index (χ4n) is 3.09. The molecule has 2 aromatic rings. The van der Waals surface area contributed by atoms with Gasteiger partial charge in [-0.25, -0.2) is 0 Å². The second-order valence-electron chi connectivity index (χ2n) is 6.89. The van der Waals surface area contributed by atoms with Crippen LogP contribution in [0.3, 0.4) is 0 Å². The van der Waals surface area contributed by atoms with Crippen molar-refractivity contribution in [1.82, 2.24) is 10.2 Å². The van der Waals surface area contributed by atoms with Crippen molar-refractivity contribution in [3.05, 3.63) is 64.7 Å². The summed E-state index contributed by atoms with van der Waals surface area (Å²) >= 11 is 5.99. The second-order valence-corrected chi connectivity index (χ2v) is 7.32. The molecule has 0 saturated carbocycles. The van der Waals surface area contributed by atoms with Gasteiger partial charge in [-0.2, -0.15) is 0 Å². The molecule has 6 heteroatoms. The number of benzene rings is 2. The minimum absolute atomic E-state index is 0.0939. The van der Waals surface area contributed by atoms with Gasteiger partial charge in [0.05, 0.1) is 13.5 Å². The SMILES string of the molecule is CCCNC(=O)[C@H](CC)N(Cc1ccc(Cl)cc1)C(=O)Cc1ccc(OC)cc1. The fourth-order valence-corrected chi connectivity index (χ4v) is 3.22. The summed E-state index contributed by atoms with van der Waals surface area (Å²) in [5.41, 5.74) is 1.81. The van der Waals surface area contributed by atoms with E-state index in [-0.39, 0.29) is 18.2 Å². The number of carbonyl (C=O) groups is 2. The van der Waals surface area contributed by atoms with E-state index in [4.69, 9.17) is 16.3 Å². The van der Waals surface area contributed by atoms with Crippen LogP contribution in [0.1, 0.15) is 37.8 Å². The summed E-state index contributed by atoms with van der Waals surface area (Å²) < 4.78 is 5.18. The van der Waals surface area contributed by atoms with Crippen molar-refractivity contribution in [1.29, 1.82) is 0 Å². The first-order valence-corrected chi connectivity index (χ1v) is 10.3. The molecule has 29 heavy (non-hydrogen) atoms. The molecular formula is C23H29ClN2O3. The van der Waals surface area contributed by atoms with Gasteiger partial charge in [0.1, 0.15) is 11.8 Å². The van der Waals surface area contributed by atoms with Gasteiger partial charge in [-0.3, -0.25) is 9.59 Å². The first-order chi connectivity index (χ1) is 14.0. The lowest BCUT2D eigenvalue weighted by molar-refractivity contribution is -0.140. The number of rotatable bonds is 10. The number of carbonyl (C=O) groups excluding carboxylic acids is 2. The quantitative estimate of drug-likeness (QED) is 0.630. The summed E-state index contributed by atoms with van der Waals surface area (Å²) in [5.74, 6) is 0.527. The number of hydrogen-bond acceptors (Lipinski definition) is 3. The molecule has 1 N–H and O–H groups in total. The smallest absolute Gasteiger partial charge is 0.242 e. The number of ether oxygens (including phenoxy) is 1. The van der Waals surface area contributed by atoms with Crippen molar-refractivity contribution in [2.24, 2.45) is 0 Å².